The number of nitrogens with one attached hydrogen (secondary N) is 1. The molecular formula is C14H14N4O2S. The van der Waals surface area contributed by atoms with E-state index in [0.29, 0.717) is 22.8 Å². The number of rotatable bonds is 3. The van der Waals surface area contributed by atoms with Crippen LogP contribution in [0.5, 0.6) is 0 Å². The lowest BCUT2D eigenvalue weighted by Gasteiger charge is -2.14. The van der Waals surface area contributed by atoms with Crippen molar-refractivity contribution in [1.29, 1.82) is 0 Å². The van der Waals surface area contributed by atoms with Crippen LogP contribution in [0.4, 0.5) is 5.69 Å². The Hall–Kier alpha value is -2.41. The molecule has 0 aromatic carbocycles. The maximum atomic E-state index is 12.5. The van der Waals surface area contributed by atoms with Crippen LogP contribution in [0.25, 0.3) is 10.6 Å². The van der Waals surface area contributed by atoms with Crippen molar-refractivity contribution in [3.8, 4) is 10.6 Å². The van der Waals surface area contributed by atoms with Crippen LogP contribution in [0, 0.1) is 13.8 Å². The summed E-state index contributed by atoms with van der Waals surface area (Å²) in [7, 11) is 1.69. The van der Waals surface area contributed by atoms with Gasteiger partial charge in [0, 0.05) is 7.05 Å². The van der Waals surface area contributed by atoms with E-state index in [-0.39, 0.29) is 5.91 Å². The molecule has 3 aromatic rings. The van der Waals surface area contributed by atoms with Crippen LogP contribution < -0.4 is 4.90 Å². The minimum absolute atomic E-state index is 0.205. The van der Waals surface area contributed by atoms with Crippen LogP contribution in [-0.2, 0) is 0 Å². The first-order chi connectivity index (χ1) is 10.1. The van der Waals surface area contributed by atoms with Crippen LogP contribution in [0.3, 0.4) is 0 Å². The second kappa shape index (κ2) is 5.17. The summed E-state index contributed by atoms with van der Waals surface area (Å²) >= 11 is 1.59. The van der Waals surface area contributed by atoms with E-state index in [1.54, 1.807) is 38.3 Å². The van der Waals surface area contributed by atoms with Crippen molar-refractivity contribution in [3.63, 3.8) is 0 Å². The summed E-state index contributed by atoms with van der Waals surface area (Å²) in [6, 6.07) is 5.69. The molecule has 0 atom stereocenters. The van der Waals surface area contributed by atoms with E-state index in [4.69, 9.17) is 4.52 Å². The monoisotopic (exact) mass is 302 g/mol. The summed E-state index contributed by atoms with van der Waals surface area (Å²) in [5.41, 5.74) is 2.56. The molecule has 0 radical (unpaired) electrons. The molecule has 3 aromatic heterocycles. The molecule has 108 valence electrons. The van der Waals surface area contributed by atoms with Crippen molar-refractivity contribution in [2.24, 2.45) is 0 Å². The number of aromatic amines is 1. The number of carbonyl (C=O) groups excluding carboxylic acids is 1. The second-order valence-corrected chi connectivity index (χ2v) is 5.63. The quantitative estimate of drug-likeness (QED) is 0.807. The molecule has 6 nitrogen and oxygen atoms in total. The lowest BCUT2D eigenvalue weighted by molar-refractivity contribution is 0.0987. The number of aromatic nitrogens is 3. The molecule has 0 bridgehead atoms. The van der Waals surface area contributed by atoms with Gasteiger partial charge in [-0.15, -0.1) is 11.3 Å². The molecule has 3 heterocycles. The molecule has 7 heteroatoms. The fourth-order valence-electron chi connectivity index (χ4n) is 2.22. The Kier molecular flexibility index (Phi) is 3.34. The highest BCUT2D eigenvalue weighted by Gasteiger charge is 2.22. The van der Waals surface area contributed by atoms with Crippen LogP contribution in [0.15, 0.2) is 28.1 Å². The predicted octanol–water partition coefficient (Wildman–Crippen LogP) is 3.02. The third-order valence-electron chi connectivity index (χ3n) is 3.22. The number of hydrogen-bond acceptors (Lipinski definition) is 5. The summed E-state index contributed by atoms with van der Waals surface area (Å²) in [5, 5.41) is 12.8. The molecule has 1 amide bonds. The number of nitrogens with zero attached hydrogens (tertiary/aromatic N) is 3. The van der Waals surface area contributed by atoms with Crippen LogP contribution in [-0.4, -0.2) is 28.3 Å². The minimum Gasteiger partial charge on any atom is -0.359 e. The van der Waals surface area contributed by atoms with Crippen molar-refractivity contribution in [3.05, 3.63) is 40.7 Å². The number of amides is 1. The van der Waals surface area contributed by atoms with Crippen LogP contribution in [0.1, 0.15) is 21.9 Å². The van der Waals surface area contributed by atoms with Gasteiger partial charge in [0.05, 0.1) is 10.6 Å². The lowest BCUT2D eigenvalue weighted by atomic mass is 10.2. The normalized spacial score (nSPS) is 10.8. The Morgan fingerprint density at radius 2 is 2.24 bits per heavy atom. The van der Waals surface area contributed by atoms with Gasteiger partial charge in [-0.2, -0.15) is 5.10 Å². The largest absolute Gasteiger partial charge is 0.359 e. The lowest BCUT2D eigenvalue weighted by Crippen LogP contribution is -2.27. The van der Waals surface area contributed by atoms with E-state index in [2.05, 4.69) is 15.4 Å². The van der Waals surface area contributed by atoms with Gasteiger partial charge < -0.3 is 9.42 Å². The highest BCUT2D eigenvalue weighted by molar-refractivity contribution is 7.13. The third kappa shape index (κ3) is 2.36. The van der Waals surface area contributed by atoms with Gasteiger partial charge in [0.25, 0.3) is 5.91 Å². The van der Waals surface area contributed by atoms with Gasteiger partial charge in [-0.3, -0.25) is 9.89 Å². The molecule has 0 aliphatic heterocycles. The van der Waals surface area contributed by atoms with Gasteiger partial charge >= 0.3 is 0 Å². The number of thiophene rings is 1. The molecule has 0 aliphatic carbocycles. The highest BCUT2D eigenvalue weighted by atomic mass is 32.1. The van der Waals surface area contributed by atoms with Gasteiger partial charge in [0.2, 0.25) is 0 Å². The number of H-pyrrole nitrogens is 1. The molecule has 0 fully saturated rings. The Balaban J connectivity index is 1.89. The zero-order valence-electron chi connectivity index (χ0n) is 11.9. The van der Waals surface area contributed by atoms with Crippen molar-refractivity contribution in [2.45, 2.75) is 13.8 Å². The fraction of sp³-hybridized carbons (Fsp3) is 0.214. The van der Waals surface area contributed by atoms with E-state index in [1.165, 1.54) is 4.90 Å². The first-order valence-electron chi connectivity index (χ1n) is 6.38. The molecule has 0 saturated carbocycles. The zero-order chi connectivity index (χ0) is 15.0. The highest BCUT2D eigenvalue weighted by Crippen LogP contribution is 2.26. The molecule has 0 unspecified atom stereocenters. The standard InChI is InChI=1S/C14H14N4O2S/c1-8-13(9(2)20-17-8)18(3)14(19)11-7-10(15-16-11)12-5-4-6-21-12/h4-7H,1-3H3,(H,15,16). The summed E-state index contributed by atoms with van der Waals surface area (Å²) in [5.74, 6) is 0.404. The number of hydrogen-bond donors (Lipinski definition) is 1. The second-order valence-electron chi connectivity index (χ2n) is 4.68. The number of aryl methyl sites for hydroxylation is 2. The summed E-state index contributed by atoms with van der Waals surface area (Å²) in [6.07, 6.45) is 0. The Labute approximate surface area is 125 Å². The maximum absolute atomic E-state index is 12.5. The average Bonchev–Trinajstić information content (AvgIpc) is 3.17. The molecule has 3 rings (SSSR count). The Morgan fingerprint density at radius 3 is 2.86 bits per heavy atom. The minimum atomic E-state index is -0.205. The van der Waals surface area contributed by atoms with E-state index in [9.17, 15) is 4.79 Å². The third-order valence-corrected chi connectivity index (χ3v) is 4.12. The average molecular weight is 302 g/mol. The van der Waals surface area contributed by atoms with Crippen LogP contribution >= 0.6 is 11.3 Å². The fourth-order valence-corrected chi connectivity index (χ4v) is 2.91. The summed E-state index contributed by atoms with van der Waals surface area (Å²) < 4.78 is 5.10. The van der Waals surface area contributed by atoms with Crippen molar-refractivity contribution >= 4 is 22.9 Å². The number of anilines is 1. The van der Waals surface area contributed by atoms with Gasteiger partial charge in [-0.1, -0.05) is 11.2 Å². The summed E-state index contributed by atoms with van der Waals surface area (Å²) in [6.45, 7) is 3.58. The van der Waals surface area contributed by atoms with Gasteiger partial charge in [0.15, 0.2) is 11.5 Å². The topological polar surface area (TPSA) is 75.0 Å². The molecule has 0 aliphatic rings. The van der Waals surface area contributed by atoms with E-state index in [0.717, 1.165) is 10.6 Å². The SMILES string of the molecule is Cc1noc(C)c1N(C)C(=O)c1cc(-c2cccs2)[nH]n1. The predicted molar refractivity (Wildman–Crippen MR) is 80.6 cm³/mol. The van der Waals surface area contributed by atoms with Crippen LogP contribution in [0.2, 0.25) is 0 Å². The Bertz CT molecular complexity index is 753. The van der Waals surface area contributed by atoms with Gasteiger partial charge in [-0.25, -0.2) is 0 Å². The van der Waals surface area contributed by atoms with E-state index in [1.807, 2.05) is 17.5 Å². The van der Waals surface area contributed by atoms with Crippen molar-refractivity contribution in [1.82, 2.24) is 15.4 Å². The maximum Gasteiger partial charge on any atom is 0.278 e. The summed E-state index contributed by atoms with van der Waals surface area (Å²) in [4.78, 5) is 15.1. The number of carbonyl (C=O) groups is 1. The van der Waals surface area contributed by atoms with Crippen molar-refractivity contribution < 1.29 is 9.32 Å². The first-order valence-corrected chi connectivity index (χ1v) is 7.26. The molecule has 21 heavy (non-hydrogen) atoms. The zero-order valence-corrected chi connectivity index (χ0v) is 12.7. The first kappa shape index (κ1) is 13.6. The Morgan fingerprint density at radius 1 is 1.43 bits per heavy atom. The van der Waals surface area contributed by atoms with E-state index >= 15 is 0 Å². The molecule has 1 N–H and O–H groups in total. The van der Waals surface area contributed by atoms with Gasteiger partial charge in [-0.05, 0) is 31.4 Å². The van der Waals surface area contributed by atoms with Crippen molar-refractivity contribution in [2.75, 3.05) is 11.9 Å². The smallest absolute Gasteiger partial charge is 0.278 e. The molecule has 0 spiro atoms. The molecule has 0 saturated heterocycles. The molecular weight excluding hydrogens is 288 g/mol. The van der Waals surface area contributed by atoms with E-state index < -0.39 is 0 Å². The van der Waals surface area contributed by atoms with Gasteiger partial charge in [0.1, 0.15) is 11.4 Å².